The van der Waals surface area contributed by atoms with E-state index in [2.05, 4.69) is 0 Å². The van der Waals surface area contributed by atoms with Crippen LogP contribution in [-0.2, 0) is 14.4 Å². The lowest BCUT2D eigenvalue weighted by molar-refractivity contribution is -0.137. The van der Waals surface area contributed by atoms with Crippen LogP contribution in [0.5, 0.6) is 0 Å². The Morgan fingerprint density at radius 3 is 2.07 bits per heavy atom. The molecule has 4 heteroatoms. The summed E-state index contributed by atoms with van der Waals surface area (Å²) < 4.78 is 0. The quantitative estimate of drug-likeness (QED) is 0.498. The molecule has 80 valence electrons. The summed E-state index contributed by atoms with van der Waals surface area (Å²) in [5, 5.41) is 8.34. The van der Waals surface area contributed by atoms with Crippen molar-refractivity contribution in [1.29, 1.82) is 0 Å². The molecular formula is C10H16O4. The Morgan fingerprint density at radius 1 is 1.14 bits per heavy atom. The number of unbranched alkanes of at least 4 members (excludes halogenated alkanes) is 1. The van der Waals surface area contributed by atoms with Gasteiger partial charge in [-0.05, 0) is 26.7 Å². The van der Waals surface area contributed by atoms with Gasteiger partial charge in [0.2, 0.25) is 0 Å². The smallest absolute Gasteiger partial charge is 0.303 e. The first-order valence-corrected chi connectivity index (χ1v) is 4.70. The number of hydrogen-bond acceptors (Lipinski definition) is 3. The molecule has 1 atom stereocenters. The van der Waals surface area contributed by atoms with Crippen molar-refractivity contribution in [3.05, 3.63) is 0 Å². The zero-order valence-electron chi connectivity index (χ0n) is 8.58. The summed E-state index contributed by atoms with van der Waals surface area (Å²) in [6, 6.07) is 0. The molecule has 0 radical (unpaired) electrons. The Kier molecular flexibility index (Phi) is 5.76. The molecule has 1 unspecified atom stereocenters. The van der Waals surface area contributed by atoms with Gasteiger partial charge in [-0.3, -0.25) is 14.4 Å². The van der Waals surface area contributed by atoms with Crippen molar-refractivity contribution in [1.82, 2.24) is 0 Å². The van der Waals surface area contributed by atoms with Gasteiger partial charge in [0.15, 0.2) is 0 Å². The average Bonchev–Trinajstić information content (AvgIpc) is 2.10. The predicted octanol–water partition coefficient (Wildman–Crippen LogP) is 1.43. The van der Waals surface area contributed by atoms with Gasteiger partial charge in [0.05, 0.1) is 5.92 Å². The average molecular weight is 200 g/mol. The molecule has 0 saturated heterocycles. The topological polar surface area (TPSA) is 71.4 Å². The van der Waals surface area contributed by atoms with E-state index in [4.69, 9.17) is 5.11 Å². The summed E-state index contributed by atoms with van der Waals surface area (Å²) in [6.45, 7) is 2.97. The third-order valence-corrected chi connectivity index (χ3v) is 2.16. The first-order valence-electron chi connectivity index (χ1n) is 4.70. The van der Waals surface area contributed by atoms with Crippen molar-refractivity contribution in [3.8, 4) is 0 Å². The van der Waals surface area contributed by atoms with E-state index in [1.165, 1.54) is 6.92 Å². The molecule has 1 N–H and O–H groups in total. The minimum absolute atomic E-state index is 0.0851. The lowest BCUT2D eigenvalue weighted by atomic mass is 9.98. The highest BCUT2D eigenvalue weighted by molar-refractivity contribution is 6.00. The zero-order chi connectivity index (χ0) is 11.1. The van der Waals surface area contributed by atoms with Crippen LogP contribution in [0.4, 0.5) is 0 Å². The van der Waals surface area contributed by atoms with E-state index in [1.807, 2.05) is 0 Å². The van der Waals surface area contributed by atoms with E-state index in [0.29, 0.717) is 19.3 Å². The second-order valence-electron chi connectivity index (χ2n) is 3.40. The predicted molar refractivity (Wildman–Crippen MR) is 51.0 cm³/mol. The van der Waals surface area contributed by atoms with Gasteiger partial charge in [-0.25, -0.2) is 0 Å². The largest absolute Gasteiger partial charge is 0.481 e. The number of Topliss-reactive ketones (excluding diaryl/α,β-unsaturated/α-hetero) is 2. The molecule has 0 heterocycles. The third-order valence-electron chi connectivity index (χ3n) is 2.16. The summed E-state index contributed by atoms with van der Waals surface area (Å²) in [6.07, 6.45) is 1.42. The first-order chi connectivity index (χ1) is 6.45. The number of carbonyl (C=O) groups excluding carboxylic acids is 2. The summed E-state index contributed by atoms with van der Waals surface area (Å²) in [4.78, 5) is 32.2. The first kappa shape index (κ1) is 12.8. The molecule has 0 aliphatic rings. The molecule has 0 bridgehead atoms. The van der Waals surface area contributed by atoms with Crippen LogP contribution in [0.25, 0.3) is 0 Å². The van der Waals surface area contributed by atoms with E-state index in [9.17, 15) is 14.4 Å². The number of carboxylic acids is 1. The lowest BCUT2D eigenvalue weighted by Crippen LogP contribution is -2.18. The van der Waals surface area contributed by atoms with Crippen LogP contribution in [0, 0.1) is 5.92 Å². The fourth-order valence-electron chi connectivity index (χ4n) is 1.02. The molecule has 0 aliphatic heterocycles. The Hall–Kier alpha value is -1.19. The van der Waals surface area contributed by atoms with Crippen molar-refractivity contribution < 1.29 is 19.5 Å². The van der Waals surface area contributed by atoms with Gasteiger partial charge in [0, 0.05) is 12.8 Å². The number of carboxylic acid groups (broad SMARTS) is 1. The summed E-state index contributed by atoms with van der Waals surface area (Å²) in [7, 11) is 0. The van der Waals surface area contributed by atoms with Crippen molar-refractivity contribution in [3.63, 3.8) is 0 Å². The molecule has 0 aromatic rings. The number of hydrogen-bond donors (Lipinski definition) is 1. The molecule has 0 aliphatic carbocycles. The molecule has 0 rings (SSSR count). The Morgan fingerprint density at radius 2 is 1.64 bits per heavy atom. The van der Waals surface area contributed by atoms with Crippen LogP contribution in [0.15, 0.2) is 0 Å². The zero-order valence-corrected chi connectivity index (χ0v) is 8.58. The van der Waals surface area contributed by atoms with Crippen LogP contribution in [0.1, 0.15) is 39.5 Å². The van der Waals surface area contributed by atoms with Crippen molar-refractivity contribution in [2.45, 2.75) is 39.5 Å². The maximum absolute atomic E-state index is 11.3. The van der Waals surface area contributed by atoms with Crippen LogP contribution < -0.4 is 0 Å². The Labute approximate surface area is 83.3 Å². The van der Waals surface area contributed by atoms with Gasteiger partial charge in [-0.15, -0.1) is 0 Å². The van der Waals surface area contributed by atoms with E-state index in [-0.39, 0.29) is 18.0 Å². The standard InChI is InChI=1S/C10H16O4/c1-7(8(2)11)9(12)5-3-4-6-10(13)14/h7H,3-6H2,1-2H3,(H,13,14). The normalized spacial score (nSPS) is 12.1. The molecule has 0 spiro atoms. The minimum Gasteiger partial charge on any atom is -0.481 e. The fourth-order valence-corrected chi connectivity index (χ4v) is 1.02. The van der Waals surface area contributed by atoms with E-state index < -0.39 is 11.9 Å². The van der Waals surface area contributed by atoms with Gasteiger partial charge < -0.3 is 5.11 Å². The molecule has 14 heavy (non-hydrogen) atoms. The van der Waals surface area contributed by atoms with Gasteiger partial charge in [-0.2, -0.15) is 0 Å². The van der Waals surface area contributed by atoms with Crippen LogP contribution in [0.2, 0.25) is 0 Å². The molecular weight excluding hydrogens is 184 g/mol. The van der Waals surface area contributed by atoms with Crippen LogP contribution in [0.3, 0.4) is 0 Å². The number of ketones is 2. The van der Waals surface area contributed by atoms with Gasteiger partial charge in [-0.1, -0.05) is 0 Å². The fraction of sp³-hybridized carbons (Fsp3) is 0.700. The van der Waals surface area contributed by atoms with E-state index in [1.54, 1.807) is 6.92 Å². The number of rotatable bonds is 7. The van der Waals surface area contributed by atoms with E-state index in [0.717, 1.165) is 0 Å². The minimum atomic E-state index is -0.850. The molecule has 4 nitrogen and oxygen atoms in total. The van der Waals surface area contributed by atoms with Gasteiger partial charge >= 0.3 is 5.97 Å². The molecule has 0 amide bonds. The van der Waals surface area contributed by atoms with Crippen molar-refractivity contribution in [2.75, 3.05) is 0 Å². The number of carbonyl (C=O) groups is 3. The second kappa shape index (κ2) is 6.29. The van der Waals surface area contributed by atoms with Crippen LogP contribution in [-0.4, -0.2) is 22.6 Å². The highest BCUT2D eigenvalue weighted by Gasteiger charge is 2.16. The molecule has 0 saturated carbocycles. The molecule has 0 fully saturated rings. The van der Waals surface area contributed by atoms with Gasteiger partial charge in [0.25, 0.3) is 0 Å². The third kappa shape index (κ3) is 5.45. The Balaban J connectivity index is 3.64. The maximum Gasteiger partial charge on any atom is 0.303 e. The van der Waals surface area contributed by atoms with Crippen LogP contribution >= 0.6 is 0 Å². The molecule has 0 aromatic heterocycles. The highest BCUT2D eigenvalue weighted by atomic mass is 16.4. The van der Waals surface area contributed by atoms with Crippen molar-refractivity contribution in [2.24, 2.45) is 5.92 Å². The molecule has 0 aromatic carbocycles. The highest BCUT2D eigenvalue weighted by Crippen LogP contribution is 2.07. The maximum atomic E-state index is 11.3. The summed E-state index contributed by atoms with van der Waals surface area (Å²) in [5.41, 5.74) is 0. The summed E-state index contributed by atoms with van der Waals surface area (Å²) >= 11 is 0. The van der Waals surface area contributed by atoms with Crippen molar-refractivity contribution >= 4 is 17.5 Å². The van der Waals surface area contributed by atoms with Gasteiger partial charge in [0.1, 0.15) is 11.6 Å². The summed E-state index contributed by atoms with van der Waals surface area (Å²) in [5.74, 6) is -1.62. The number of aliphatic carboxylic acids is 1. The monoisotopic (exact) mass is 200 g/mol. The second-order valence-corrected chi connectivity index (χ2v) is 3.40. The lowest BCUT2D eigenvalue weighted by Gasteiger charge is -2.05. The SMILES string of the molecule is CC(=O)C(C)C(=O)CCCCC(=O)O. The van der Waals surface area contributed by atoms with E-state index >= 15 is 0 Å². The Bertz CT molecular complexity index is 232.